The molecule has 1 fully saturated rings. The molecule has 3 aromatic rings. The van der Waals surface area contributed by atoms with E-state index in [-0.39, 0.29) is 0 Å². The van der Waals surface area contributed by atoms with Crippen molar-refractivity contribution in [3.05, 3.63) is 71.4 Å². The second kappa shape index (κ2) is 7.55. The number of H-pyrrole nitrogens is 1. The molecule has 0 saturated carbocycles. The van der Waals surface area contributed by atoms with Gasteiger partial charge in [0.1, 0.15) is 6.04 Å². The first-order chi connectivity index (χ1) is 13.1. The zero-order valence-corrected chi connectivity index (χ0v) is 15.6. The summed E-state index contributed by atoms with van der Waals surface area (Å²) in [4.78, 5) is 19.8. The number of nitrogens with zero attached hydrogens (tertiary/aromatic N) is 2. The molecule has 2 N–H and O–H groups in total. The summed E-state index contributed by atoms with van der Waals surface area (Å²) >= 11 is 0. The van der Waals surface area contributed by atoms with Crippen molar-refractivity contribution < 1.29 is 9.90 Å². The van der Waals surface area contributed by atoms with Gasteiger partial charge in [-0.05, 0) is 24.6 Å². The molecule has 0 amide bonds. The van der Waals surface area contributed by atoms with Gasteiger partial charge in [-0.3, -0.25) is 14.6 Å². The predicted octanol–water partition coefficient (Wildman–Crippen LogP) is 3.42. The third-order valence-electron chi connectivity index (χ3n) is 5.42. The highest BCUT2D eigenvalue weighted by atomic mass is 16.4. The molecule has 0 radical (unpaired) electrons. The molecule has 4 rings (SSSR count). The molecule has 5 heteroatoms. The van der Waals surface area contributed by atoms with Crippen molar-refractivity contribution in [1.82, 2.24) is 14.8 Å². The van der Waals surface area contributed by atoms with Crippen molar-refractivity contribution in [3.8, 4) is 0 Å². The van der Waals surface area contributed by atoms with Crippen LogP contribution in [0.25, 0.3) is 10.9 Å². The van der Waals surface area contributed by atoms with Crippen molar-refractivity contribution in [2.24, 2.45) is 0 Å². The van der Waals surface area contributed by atoms with Gasteiger partial charge in [-0.25, -0.2) is 0 Å². The highest BCUT2D eigenvalue weighted by Crippen LogP contribution is 2.30. The van der Waals surface area contributed by atoms with E-state index in [9.17, 15) is 9.90 Å². The van der Waals surface area contributed by atoms with Crippen molar-refractivity contribution in [2.75, 3.05) is 26.2 Å². The van der Waals surface area contributed by atoms with Gasteiger partial charge < -0.3 is 10.1 Å². The molecule has 0 bridgehead atoms. The molecule has 2 aromatic carbocycles. The van der Waals surface area contributed by atoms with E-state index in [0.717, 1.165) is 54.8 Å². The van der Waals surface area contributed by atoms with Crippen LogP contribution in [0.5, 0.6) is 0 Å². The van der Waals surface area contributed by atoms with Crippen LogP contribution in [0.1, 0.15) is 22.7 Å². The zero-order valence-electron chi connectivity index (χ0n) is 15.6. The van der Waals surface area contributed by atoms with Crippen LogP contribution in [0, 0.1) is 6.92 Å². The minimum atomic E-state index is -0.783. The van der Waals surface area contributed by atoms with Crippen LogP contribution in [-0.4, -0.2) is 52.0 Å². The Bertz CT molecular complexity index is 927. The first-order valence-corrected chi connectivity index (χ1v) is 9.42. The molecular formula is C22H25N3O2. The number of aliphatic carboxylic acids is 1. The van der Waals surface area contributed by atoms with Crippen LogP contribution < -0.4 is 0 Å². The summed E-state index contributed by atoms with van der Waals surface area (Å²) in [5.41, 5.74) is 4.29. The van der Waals surface area contributed by atoms with E-state index in [1.807, 2.05) is 31.3 Å². The lowest BCUT2D eigenvalue weighted by molar-refractivity contribution is -0.144. The molecule has 5 nitrogen and oxygen atoms in total. The monoisotopic (exact) mass is 363 g/mol. The normalized spacial score (nSPS) is 17.2. The van der Waals surface area contributed by atoms with Crippen LogP contribution in [0.15, 0.2) is 54.7 Å². The number of aryl methyl sites for hydroxylation is 1. The number of hydrogen-bond acceptors (Lipinski definition) is 3. The maximum absolute atomic E-state index is 12.1. The summed E-state index contributed by atoms with van der Waals surface area (Å²) in [6, 6.07) is 16.0. The number of hydrogen-bond donors (Lipinski definition) is 2. The predicted molar refractivity (Wildman–Crippen MR) is 107 cm³/mol. The Morgan fingerprint density at radius 2 is 1.85 bits per heavy atom. The van der Waals surface area contributed by atoms with E-state index in [1.54, 1.807) is 0 Å². The second-order valence-corrected chi connectivity index (χ2v) is 7.33. The van der Waals surface area contributed by atoms with Crippen molar-refractivity contribution in [3.63, 3.8) is 0 Å². The smallest absolute Gasteiger partial charge is 0.325 e. The topological polar surface area (TPSA) is 59.6 Å². The number of nitrogens with one attached hydrogen (secondary N) is 1. The molecule has 1 aliphatic rings. The molecule has 1 atom stereocenters. The maximum atomic E-state index is 12.1. The van der Waals surface area contributed by atoms with E-state index < -0.39 is 12.0 Å². The Balaban J connectivity index is 1.50. The molecule has 0 unspecified atom stereocenters. The van der Waals surface area contributed by atoms with Gasteiger partial charge in [-0.1, -0.05) is 42.0 Å². The molecular weight excluding hydrogens is 338 g/mol. The molecule has 0 aliphatic carbocycles. The number of rotatable bonds is 5. The summed E-state index contributed by atoms with van der Waals surface area (Å²) in [6.45, 7) is 6.21. The van der Waals surface area contributed by atoms with Gasteiger partial charge in [0.25, 0.3) is 0 Å². The van der Waals surface area contributed by atoms with Gasteiger partial charge in [0.15, 0.2) is 0 Å². The fourth-order valence-corrected chi connectivity index (χ4v) is 3.99. The van der Waals surface area contributed by atoms with Gasteiger partial charge >= 0.3 is 5.97 Å². The Morgan fingerprint density at radius 1 is 1.11 bits per heavy atom. The minimum absolute atomic E-state index is 0.612. The van der Waals surface area contributed by atoms with Gasteiger partial charge in [-0.2, -0.15) is 0 Å². The Kier molecular flexibility index (Phi) is 4.97. The van der Waals surface area contributed by atoms with E-state index >= 15 is 0 Å². The molecule has 1 aromatic heterocycles. The number of aromatic amines is 1. The van der Waals surface area contributed by atoms with E-state index in [4.69, 9.17) is 0 Å². The lowest BCUT2D eigenvalue weighted by atomic mass is 10.0. The van der Waals surface area contributed by atoms with Crippen LogP contribution in [0.4, 0.5) is 0 Å². The Labute approximate surface area is 159 Å². The highest BCUT2D eigenvalue weighted by Gasteiger charge is 2.32. The van der Waals surface area contributed by atoms with E-state index in [1.165, 1.54) is 5.56 Å². The quantitative estimate of drug-likeness (QED) is 0.729. The SMILES string of the molecule is Cc1ccc2[nH]cc([C@H](C(=O)O)N3CCN(Cc4ccccc4)CC3)c2c1. The average molecular weight is 363 g/mol. The summed E-state index contributed by atoms with van der Waals surface area (Å²) < 4.78 is 0. The molecule has 140 valence electrons. The number of carboxylic acids is 1. The second-order valence-electron chi connectivity index (χ2n) is 7.33. The minimum Gasteiger partial charge on any atom is -0.480 e. The fraction of sp³-hybridized carbons (Fsp3) is 0.318. The first kappa shape index (κ1) is 17.8. The Hall–Kier alpha value is -2.63. The molecule has 2 heterocycles. The van der Waals surface area contributed by atoms with Gasteiger partial charge in [0.2, 0.25) is 0 Å². The maximum Gasteiger partial charge on any atom is 0.325 e. The van der Waals surface area contributed by atoms with Crippen LogP contribution in [0.2, 0.25) is 0 Å². The molecule has 1 aliphatic heterocycles. The summed E-state index contributed by atoms with van der Waals surface area (Å²) in [5, 5.41) is 11.0. The van der Waals surface area contributed by atoms with Crippen LogP contribution in [-0.2, 0) is 11.3 Å². The van der Waals surface area contributed by atoms with Crippen molar-refractivity contribution in [1.29, 1.82) is 0 Å². The number of benzene rings is 2. The van der Waals surface area contributed by atoms with Crippen LogP contribution >= 0.6 is 0 Å². The summed E-state index contributed by atoms with van der Waals surface area (Å²) in [6.07, 6.45) is 1.86. The third-order valence-corrected chi connectivity index (χ3v) is 5.42. The molecule has 27 heavy (non-hydrogen) atoms. The number of aromatic nitrogens is 1. The number of carboxylic acid groups (broad SMARTS) is 1. The van der Waals surface area contributed by atoms with E-state index in [0.29, 0.717) is 0 Å². The summed E-state index contributed by atoms with van der Waals surface area (Å²) in [5.74, 6) is -0.783. The fourth-order valence-electron chi connectivity index (χ4n) is 3.99. The molecule has 1 saturated heterocycles. The van der Waals surface area contributed by atoms with Gasteiger partial charge in [0, 0.05) is 55.4 Å². The number of fused-ring (bicyclic) bond motifs is 1. The Morgan fingerprint density at radius 3 is 2.56 bits per heavy atom. The average Bonchev–Trinajstić information content (AvgIpc) is 3.07. The van der Waals surface area contributed by atoms with Gasteiger partial charge in [0.05, 0.1) is 0 Å². The first-order valence-electron chi connectivity index (χ1n) is 9.42. The largest absolute Gasteiger partial charge is 0.480 e. The van der Waals surface area contributed by atoms with Crippen molar-refractivity contribution in [2.45, 2.75) is 19.5 Å². The standard InChI is InChI=1S/C22H25N3O2/c1-16-7-8-20-18(13-16)19(14-23-20)21(22(26)27)25-11-9-24(10-12-25)15-17-5-3-2-4-6-17/h2-8,13-14,21,23H,9-12,15H2,1H3,(H,26,27)/t21-/m1/s1. The summed E-state index contributed by atoms with van der Waals surface area (Å²) in [7, 11) is 0. The van der Waals surface area contributed by atoms with Gasteiger partial charge in [-0.15, -0.1) is 0 Å². The highest BCUT2D eigenvalue weighted by molar-refractivity contribution is 5.89. The molecule has 0 spiro atoms. The van der Waals surface area contributed by atoms with E-state index in [2.05, 4.69) is 45.1 Å². The van der Waals surface area contributed by atoms with Crippen molar-refractivity contribution >= 4 is 16.9 Å². The third kappa shape index (κ3) is 3.75. The zero-order chi connectivity index (χ0) is 18.8. The number of carbonyl (C=O) groups is 1. The lowest BCUT2D eigenvalue weighted by Crippen LogP contribution is -2.48. The number of piperazine rings is 1. The lowest BCUT2D eigenvalue weighted by Gasteiger charge is -2.37. The van der Waals surface area contributed by atoms with Crippen LogP contribution in [0.3, 0.4) is 0 Å².